The van der Waals surface area contributed by atoms with Gasteiger partial charge >= 0.3 is 6.09 Å². The second-order valence-corrected chi connectivity index (χ2v) is 10.2. The van der Waals surface area contributed by atoms with E-state index in [0.717, 1.165) is 28.2 Å². The monoisotopic (exact) mass is 525 g/mol. The van der Waals surface area contributed by atoms with Crippen molar-refractivity contribution in [2.75, 3.05) is 18.0 Å². The van der Waals surface area contributed by atoms with Crippen LogP contribution in [0.5, 0.6) is 0 Å². The molecule has 2 aromatic carbocycles. The van der Waals surface area contributed by atoms with Gasteiger partial charge in [-0.25, -0.2) is 19.2 Å². The summed E-state index contributed by atoms with van der Waals surface area (Å²) in [6, 6.07) is 12.1. The van der Waals surface area contributed by atoms with Crippen LogP contribution >= 0.6 is 15.9 Å². The first-order chi connectivity index (χ1) is 16.1. The van der Waals surface area contributed by atoms with E-state index in [9.17, 15) is 9.18 Å². The summed E-state index contributed by atoms with van der Waals surface area (Å²) >= 11 is 3.49. The van der Waals surface area contributed by atoms with Crippen molar-refractivity contribution in [1.29, 1.82) is 5.26 Å². The van der Waals surface area contributed by atoms with Crippen LogP contribution in [0.2, 0.25) is 0 Å². The van der Waals surface area contributed by atoms with Gasteiger partial charge < -0.3 is 15.0 Å². The molecule has 1 fully saturated rings. The molecule has 1 N–H and O–H groups in total. The van der Waals surface area contributed by atoms with Gasteiger partial charge in [0.05, 0.1) is 16.8 Å². The van der Waals surface area contributed by atoms with Crippen molar-refractivity contribution >= 4 is 38.9 Å². The topological polar surface area (TPSA) is 91.1 Å². The van der Waals surface area contributed by atoms with E-state index in [0.29, 0.717) is 30.3 Å². The van der Waals surface area contributed by atoms with Gasteiger partial charge in [-0.2, -0.15) is 5.26 Å². The highest BCUT2D eigenvalue weighted by molar-refractivity contribution is 9.10. The summed E-state index contributed by atoms with van der Waals surface area (Å²) < 4.78 is 20.6. The van der Waals surface area contributed by atoms with Crippen LogP contribution in [0.4, 0.5) is 15.1 Å². The van der Waals surface area contributed by atoms with Gasteiger partial charge in [-0.15, -0.1) is 0 Å². The first-order valence-electron chi connectivity index (χ1n) is 11.0. The largest absolute Gasteiger partial charge is 0.444 e. The van der Waals surface area contributed by atoms with Crippen molar-refractivity contribution in [3.63, 3.8) is 0 Å². The average Bonchev–Trinajstić information content (AvgIpc) is 2.77. The lowest BCUT2D eigenvalue weighted by molar-refractivity contribution is 0.0497. The molecule has 0 spiro atoms. The van der Waals surface area contributed by atoms with E-state index >= 15 is 0 Å². The van der Waals surface area contributed by atoms with E-state index < -0.39 is 17.5 Å². The molecule has 0 aliphatic carbocycles. The van der Waals surface area contributed by atoms with Crippen LogP contribution in [-0.4, -0.2) is 40.8 Å². The second kappa shape index (κ2) is 9.55. The quantitative estimate of drug-likeness (QED) is 0.481. The Labute approximate surface area is 206 Å². The zero-order valence-corrected chi connectivity index (χ0v) is 20.8. The summed E-state index contributed by atoms with van der Waals surface area (Å²) in [5.41, 5.74) is 1.36. The average molecular weight is 526 g/mol. The summed E-state index contributed by atoms with van der Waals surface area (Å²) in [5, 5.41) is 12.8. The van der Waals surface area contributed by atoms with Crippen LogP contribution in [-0.2, 0) is 4.74 Å². The Morgan fingerprint density at radius 3 is 2.59 bits per heavy atom. The minimum Gasteiger partial charge on any atom is -0.444 e. The maximum absolute atomic E-state index is 14.4. The van der Waals surface area contributed by atoms with E-state index in [1.54, 1.807) is 6.07 Å². The van der Waals surface area contributed by atoms with Gasteiger partial charge in [-0.3, -0.25) is 0 Å². The number of amides is 1. The fourth-order valence-corrected chi connectivity index (χ4v) is 4.26. The van der Waals surface area contributed by atoms with Crippen LogP contribution in [0.15, 0.2) is 40.9 Å². The minimum absolute atomic E-state index is 0.00889. The summed E-state index contributed by atoms with van der Waals surface area (Å²) in [6.07, 6.45) is 1.03. The third-order valence-corrected chi connectivity index (χ3v) is 6.00. The van der Waals surface area contributed by atoms with E-state index in [4.69, 9.17) is 20.0 Å². The molecule has 0 radical (unpaired) electrons. The molecule has 3 aromatic rings. The third-order valence-electron chi connectivity index (χ3n) is 5.51. The molecule has 1 amide bonds. The highest BCUT2D eigenvalue weighted by Gasteiger charge is 2.25. The molecule has 4 rings (SSSR count). The number of ether oxygens (including phenoxy) is 1. The lowest BCUT2D eigenvalue weighted by Gasteiger charge is -2.33. The predicted molar refractivity (Wildman–Crippen MR) is 132 cm³/mol. The van der Waals surface area contributed by atoms with Gasteiger partial charge in [-0.1, -0.05) is 22.0 Å². The summed E-state index contributed by atoms with van der Waals surface area (Å²) in [6.45, 7) is 6.82. The summed E-state index contributed by atoms with van der Waals surface area (Å²) in [4.78, 5) is 23.7. The van der Waals surface area contributed by atoms with Crippen molar-refractivity contribution in [2.24, 2.45) is 0 Å². The Morgan fingerprint density at radius 1 is 1.21 bits per heavy atom. The van der Waals surface area contributed by atoms with Crippen LogP contribution in [0.3, 0.4) is 0 Å². The third kappa shape index (κ3) is 5.45. The smallest absolute Gasteiger partial charge is 0.407 e. The number of fused-ring (bicyclic) bond motifs is 1. The van der Waals surface area contributed by atoms with E-state index in [-0.39, 0.29) is 11.6 Å². The second-order valence-electron chi connectivity index (χ2n) is 9.25. The number of hydrogen-bond acceptors (Lipinski definition) is 6. The molecule has 176 valence electrons. The number of carbonyl (C=O) groups is 1. The van der Waals surface area contributed by atoms with Gasteiger partial charge in [0, 0.05) is 34.6 Å². The number of hydrogen-bond donors (Lipinski definition) is 1. The van der Waals surface area contributed by atoms with Crippen LogP contribution < -0.4 is 10.2 Å². The lowest BCUT2D eigenvalue weighted by atomic mass is 10.0. The Bertz CT molecular complexity index is 1280. The van der Waals surface area contributed by atoms with Crippen molar-refractivity contribution in [3.05, 3.63) is 52.3 Å². The van der Waals surface area contributed by atoms with E-state index in [2.05, 4.69) is 26.1 Å². The van der Waals surface area contributed by atoms with Crippen molar-refractivity contribution in [3.8, 4) is 17.3 Å². The van der Waals surface area contributed by atoms with E-state index in [1.807, 2.05) is 45.0 Å². The molecule has 0 bridgehead atoms. The number of carbonyl (C=O) groups excluding carboxylic acids is 1. The first-order valence-corrected chi connectivity index (χ1v) is 11.8. The number of aromatic nitrogens is 2. The number of nitriles is 1. The molecule has 0 unspecified atom stereocenters. The number of halogens is 2. The van der Waals surface area contributed by atoms with Crippen LogP contribution in [0, 0.1) is 17.1 Å². The minimum atomic E-state index is -0.586. The molecule has 34 heavy (non-hydrogen) atoms. The molecule has 0 saturated carbocycles. The Hall–Kier alpha value is -3.25. The number of benzene rings is 2. The number of nitrogens with one attached hydrogen (secondary N) is 1. The molecular formula is C25H25BrFN5O2. The van der Waals surface area contributed by atoms with Gasteiger partial charge in [0.25, 0.3) is 0 Å². The Balaban J connectivity index is 1.60. The highest BCUT2D eigenvalue weighted by atomic mass is 79.9. The maximum atomic E-state index is 14.4. The van der Waals surface area contributed by atoms with Crippen molar-refractivity contribution < 1.29 is 13.9 Å². The number of rotatable bonds is 3. The zero-order chi connectivity index (χ0) is 24.5. The van der Waals surface area contributed by atoms with Gasteiger partial charge in [0.1, 0.15) is 17.5 Å². The fraction of sp³-hybridized carbons (Fsp3) is 0.360. The lowest BCUT2D eigenvalue weighted by Crippen LogP contribution is -2.46. The fourth-order valence-electron chi connectivity index (χ4n) is 3.90. The molecule has 0 atom stereocenters. The summed E-state index contributed by atoms with van der Waals surface area (Å²) in [7, 11) is 0. The number of nitrogens with zero attached hydrogens (tertiary/aromatic N) is 4. The zero-order valence-electron chi connectivity index (χ0n) is 19.2. The normalized spacial score (nSPS) is 14.6. The molecule has 7 nitrogen and oxygen atoms in total. The highest BCUT2D eigenvalue weighted by Crippen LogP contribution is 2.32. The number of piperidine rings is 1. The summed E-state index contributed by atoms with van der Waals surface area (Å²) in [5.74, 6) is -0.0392. The van der Waals surface area contributed by atoms with Crippen molar-refractivity contribution in [1.82, 2.24) is 15.3 Å². The van der Waals surface area contributed by atoms with Gasteiger partial charge in [0.15, 0.2) is 0 Å². The Morgan fingerprint density at radius 2 is 1.94 bits per heavy atom. The molecule has 1 aliphatic heterocycles. The van der Waals surface area contributed by atoms with E-state index in [1.165, 1.54) is 12.1 Å². The molecule has 9 heteroatoms. The molecule has 1 aliphatic rings. The molecule has 1 aromatic heterocycles. The first kappa shape index (κ1) is 23.9. The van der Waals surface area contributed by atoms with Gasteiger partial charge in [0.2, 0.25) is 5.95 Å². The Kier molecular flexibility index (Phi) is 6.71. The maximum Gasteiger partial charge on any atom is 0.407 e. The predicted octanol–water partition coefficient (Wildman–Crippen LogP) is 5.56. The molecule has 2 heterocycles. The molecular weight excluding hydrogens is 501 g/mol. The SMILES string of the molecule is CC(C)(C)OC(=O)NC1CCN(c2nc(-c3ccc(C#N)c(F)c3)c3cc(Br)ccc3n2)CC1. The van der Waals surface area contributed by atoms with Crippen molar-refractivity contribution in [2.45, 2.75) is 45.3 Å². The van der Waals surface area contributed by atoms with Gasteiger partial charge in [-0.05, 0) is 63.9 Å². The van der Waals surface area contributed by atoms with Crippen LogP contribution in [0.25, 0.3) is 22.2 Å². The molecule has 1 saturated heterocycles. The number of alkyl carbamates (subject to hydrolysis) is 1. The number of anilines is 1. The van der Waals surface area contributed by atoms with Crippen LogP contribution in [0.1, 0.15) is 39.2 Å². The standard InChI is InChI=1S/C25H25BrFN5O2/c1-25(2,3)34-24(33)29-18-8-10-32(11-9-18)23-30-21-7-6-17(26)13-19(21)22(31-23)15-4-5-16(14-28)20(27)12-15/h4-7,12-13,18H,8-11H2,1-3H3,(H,29,33).